The van der Waals surface area contributed by atoms with Gasteiger partial charge in [-0.2, -0.15) is 0 Å². The highest BCUT2D eigenvalue weighted by molar-refractivity contribution is 5.95. The van der Waals surface area contributed by atoms with Gasteiger partial charge in [-0.15, -0.1) is 0 Å². The van der Waals surface area contributed by atoms with E-state index in [0.29, 0.717) is 12.4 Å². The zero-order valence-electron chi connectivity index (χ0n) is 14.2. The topological polar surface area (TPSA) is 81.9 Å². The van der Waals surface area contributed by atoms with Gasteiger partial charge in [-0.25, -0.2) is 9.97 Å². The lowest BCUT2D eigenvalue weighted by atomic mass is 10.1. The highest BCUT2D eigenvalue weighted by atomic mass is 16.5. The van der Waals surface area contributed by atoms with Gasteiger partial charge < -0.3 is 14.6 Å². The minimum Gasteiger partial charge on any atom is -0.368 e. The first-order valence-electron chi connectivity index (χ1n) is 8.29. The van der Waals surface area contributed by atoms with Gasteiger partial charge in [0.05, 0.1) is 23.6 Å². The molecule has 0 aromatic carbocycles. The minimum atomic E-state index is -0.376. The van der Waals surface area contributed by atoms with Crippen LogP contribution in [-0.2, 0) is 16.6 Å². The molecule has 1 amide bonds. The lowest BCUT2D eigenvalue weighted by Gasteiger charge is -2.10. The van der Waals surface area contributed by atoms with Crippen molar-refractivity contribution >= 4 is 22.6 Å². The van der Waals surface area contributed by atoms with Gasteiger partial charge >= 0.3 is 0 Å². The summed E-state index contributed by atoms with van der Waals surface area (Å²) in [5.74, 6) is 1.30. The first-order chi connectivity index (χ1) is 12.1. The zero-order valence-corrected chi connectivity index (χ0v) is 14.2. The number of carbonyl (C=O) groups is 1. The highest BCUT2D eigenvalue weighted by Crippen LogP contribution is 2.24. The molecule has 1 aliphatic heterocycles. The van der Waals surface area contributed by atoms with Crippen LogP contribution in [0.4, 0.5) is 5.82 Å². The molecule has 0 spiro atoms. The van der Waals surface area contributed by atoms with Crippen LogP contribution in [0.1, 0.15) is 18.7 Å². The number of carbonyl (C=O) groups excluding carboxylic acids is 1. The number of fused-ring (bicyclic) bond motifs is 1. The van der Waals surface area contributed by atoms with Gasteiger partial charge in [0.25, 0.3) is 5.91 Å². The Hall–Kier alpha value is -2.80. The molecule has 1 N–H and O–H groups in total. The van der Waals surface area contributed by atoms with Crippen molar-refractivity contribution in [3.05, 3.63) is 36.5 Å². The average Bonchev–Trinajstić information content (AvgIpc) is 3.26. The second-order valence-corrected chi connectivity index (χ2v) is 6.23. The van der Waals surface area contributed by atoms with Crippen LogP contribution in [0.3, 0.4) is 0 Å². The molecular formula is C18H19N5O2. The van der Waals surface area contributed by atoms with Crippen LogP contribution in [0, 0.1) is 6.92 Å². The molecule has 3 aromatic heterocycles. The normalized spacial score (nSPS) is 17.1. The van der Waals surface area contributed by atoms with Crippen molar-refractivity contribution in [2.45, 2.75) is 25.9 Å². The van der Waals surface area contributed by atoms with Gasteiger partial charge in [-0.05, 0) is 31.9 Å². The van der Waals surface area contributed by atoms with E-state index in [1.807, 2.05) is 43.1 Å². The van der Waals surface area contributed by atoms with Crippen molar-refractivity contribution in [3.8, 4) is 11.3 Å². The molecule has 1 unspecified atom stereocenters. The van der Waals surface area contributed by atoms with Crippen LogP contribution in [0.2, 0.25) is 0 Å². The van der Waals surface area contributed by atoms with Crippen LogP contribution in [-0.4, -0.2) is 38.1 Å². The number of hydrogen-bond donors (Lipinski definition) is 1. The minimum absolute atomic E-state index is 0.143. The number of nitrogens with one attached hydrogen (secondary N) is 1. The third kappa shape index (κ3) is 2.98. The Kier molecular flexibility index (Phi) is 3.93. The predicted molar refractivity (Wildman–Crippen MR) is 94.1 cm³/mol. The quantitative estimate of drug-likeness (QED) is 0.794. The SMILES string of the molecule is Cc1ncc(-c2cnc3cnc(NC(=O)C4CCCO4)cc3c2)n1C. The number of rotatable bonds is 3. The summed E-state index contributed by atoms with van der Waals surface area (Å²) < 4.78 is 7.42. The van der Waals surface area contributed by atoms with E-state index in [1.165, 1.54) is 0 Å². The van der Waals surface area contributed by atoms with Crippen molar-refractivity contribution in [3.63, 3.8) is 0 Å². The van der Waals surface area contributed by atoms with Gasteiger partial charge in [0, 0.05) is 30.8 Å². The molecule has 0 bridgehead atoms. The van der Waals surface area contributed by atoms with E-state index in [1.54, 1.807) is 6.20 Å². The number of imidazole rings is 1. The summed E-state index contributed by atoms with van der Waals surface area (Å²) in [5, 5.41) is 3.74. The molecule has 4 rings (SSSR count). The van der Waals surface area contributed by atoms with Crippen molar-refractivity contribution in [1.82, 2.24) is 19.5 Å². The van der Waals surface area contributed by atoms with Crippen LogP contribution in [0.25, 0.3) is 22.2 Å². The van der Waals surface area contributed by atoms with Crippen molar-refractivity contribution in [1.29, 1.82) is 0 Å². The second kappa shape index (κ2) is 6.25. The summed E-state index contributed by atoms with van der Waals surface area (Å²) in [4.78, 5) is 25.2. The molecule has 128 valence electrons. The summed E-state index contributed by atoms with van der Waals surface area (Å²) in [5.41, 5.74) is 2.74. The maximum Gasteiger partial charge on any atom is 0.254 e. The fraction of sp³-hybridized carbons (Fsp3) is 0.333. The summed E-state index contributed by atoms with van der Waals surface area (Å²) in [6.07, 6.45) is 6.61. The van der Waals surface area contributed by atoms with Gasteiger partial charge in [-0.3, -0.25) is 9.78 Å². The number of aryl methyl sites for hydroxylation is 1. The Balaban J connectivity index is 1.64. The molecule has 7 heteroatoms. The molecule has 7 nitrogen and oxygen atoms in total. The summed E-state index contributed by atoms with van der Waals surface area (Å²) in [6.45, 7) is 2.60. The summed E-state index contributed by atoms with van der Waals surface area (Å²) >= 11 is 0. The highest BCUT2D eigenvalue weighted by Gasteiger charge is 2.23. The fourth-order valence-electron chi connectivity index (χ4n) is 3.00. The fourth-order valence-corrected chi connectivity index (χ4v) is 3.00. The first kappa shape index (κ1) is 15.7. The standard InChI is InChI=1S/C18H19N5O2/c1-11-19-10-15(23(11)2)13-6-12-7-17(21-9-14(12)20-8-13)22-18(24)16-4-3-5-25-16/h6-10,16H,3-5H2,1-2H3,(H,21,22,24). The monoisotopic (exact) mass is 337 g/mol. The van der Waals surface area contributed by atoms with Crippen molar-refractivity contribution in [2.24, 2.45) is 7.05 Å². The van der Waals surface area contributed by atoms with Crippen LogP contribution < -0.4 is 5.32 Å². The molecule has 1 aliphatic rings. The Morgan fingerprint density at radius 3 is 2.84 bits per heavy atom. The third-order valence-electron chi connectivity index (χ3n) is 4.56. The smallest absolute Gasteiger partial charge is 0.254 e. The Bertz CT molecular complexity index is 944. The maximum atomic E-state index is 12.2. The zero-order chi connectivity index (χ0) is 17.4. The van der Waals surface area contributed by atoms with Gasteiger partial charge in [0.15, 0.2) is 0 Å². The molecule has 1 atom stereocenters. The predicted octanol–water partition coefficient (Wildman–Crippen LogP) is 2.46. The lowest BCUT2D eigenvalue weighted by molar-refractivity contribution is -0.124. The second-order valence-electron chi connectivity index (χ2n) is 6.23. The van der Waals surface area contributed by atoms with E-state index in [9.17, 15) is 4.79 Å². The molecule has 0 radical (unpaired) electrons. The number of ether oxygens (including phenoxy) is 1. The number of hydrogen-bond acceptors (Lipinski definition) is 5. The summed E-state index contributed by atoms with van der Waals surface area (Å²) in [7, 11) is 1.97. The summed E-state index contributed by atoms with van der Waals surface area (Å²) in [6, 6.07) is 3.87. The molecule has 1 fully saturated rings. The third-order valence-corrected chi connectivity index (χ3v) is 4.56. The largest absolute Gasteiger partial charge is 0.368 e. The van der Waals surface area contributed by atoms with E-state index >= 15 is 0 Å². The van der Waals surface area contributed by atoms with E-state index < -0.39 is 0 Å². The number of aromatic nitrogens is 4. The number of amides is 1. The molecule has 3 aromatic rings. The van der Waals surface area contributed by atoms with Gasteiger partial charge in [0.1, 0.15) is 17.7 Å². The molecule has 0 aliphatic carbocycles. The van der Waals surface area contributed by atoms with Crippen LogP contribution >= 0.6 is 0 Å². The molecule has 4 heterocycles. The lowest BCUT2D eigenvalue weighted by Crippen LogP contribution is -2.27. The van der Waals surface area contributed by atoms with E-state index in [2.05, 4.69) is 20.3 Å². The van der Waals surface area contributed by atoms with Crippen molar-refractivity contribution < 1.29 is 9.53 Å². The molecule has 25 heavy (non-hydrogen) atoms. The Morgan fingerprint density at radius 2 is 2.12 bits per heavy atom. The average molecular weight is 337 g/mol. The molecular weight excluding hydrogens is 318 g/mol. The van der Waals surface area contributed by atoms with Gasteiger partial charge in [0.2, 0.25) is 0 Å². The maximum absolute atomic E-state index is 12.2. The first-order valence-corrected chi connectivity index (χ1v) is 8.29. The Morgan fingerprint density at radius 1 is 1.24 bits per heavy atom. The van der Waals surface area contributed by atoms with E-state index in [0.717, 1.165) is 40.8 Å². The Labute approximate surface area is 145 Å². The molecule has 1 saturated heterocycles. The number of pyridine rings is 2. The van der Waals surface area contributed by atoms with Crippen LogP contribution in [0.15, 0.2) is 30.7 Å². The molecule has 0 saturated carbocycles. The van der Waals surface area contributed by atoms with E-state index in [4.69, 9.17) is 4.74 Å². The number of anilines is 1. The van der Waals surface area contributed by atoms with Crippen LogP contribution in [0.5, 0.6) is 0 Å². The van der Waals surface area contributed by atoms with Crippen molar-refractivity contribution in [2.75, 3.05) is 11.9 Å². The number of nitrogens with zero attached hydrogens (tertiary/aromatic N) is 4. The van der Waals surface area contributed by atoms with E-state index in [-0.39, 0.29) is 12.0 Å². The van der Waals surface area contributed by atoms with Gasteiger partial charge in [-0.1, -0.05) is 0 Å².